The Balaban J connectivity index is 2.04. The second-order valence-corrected chi connectivity index (χ2v) is 5.62. The fraction of sp³-hybridized carbons (Fsp3) is 0.357. The van der Waals surface area contributed by atoms with Gasteiger partial charge in [0, 0.05) is 28.5 Å². The number of nitrogens with zero attached hydrogens (tertiary/aromatic N) is 1. The van der Waals surface area contributed by atoms with E-state index in [4.69, 9.17) is 0 Å². The van der Waals surface area contributed by atoms with Gasteiger partial charge in [0.15, 0.2) is 0 Å². The van der Waals surface area contributed by atoms with Gasteiger partial charge in [0.05, 0.1) is 0 Å². The van der Waals surface area contributed by atoms with E-state index >= 15 is 0 Å². The van der Waals surface area contributed by atoms with Crippen LogP contribution in [-0.4, -0.2) is 16.5 Å². The van der Waals surface area contributed by atoms with E-state index in [1.54, 1.807) is 0 Å². The molecule has 0 saturated carbocycles. The minimum atomic E-state index is 0.663. The van der Waals surface area contributed by atoms with Gasteiger partial charge < -0.3 is 10.3 Å². The highest BCUT2D eigenvalue weighted by Gasteiger charge is 2.06. The predicted molar refractivity (Wildman–Crippen MR) is 78.3 cm³/mol. The molecule has 0 radical (unpaired) electrons. The highest BCUT2D eigenvalue weighted by atomic mass is 79.9. The Labute approximate surface area is 116 Å². The average molecular weight is 308 g/mol. The number of H-pyrrole nitrogens is 1. The molecular formula is C14H18BrN3. The van der Waals surface area contributed by atoms with E-state index in [1.165, 1.54) is 0 Å². The van der Waals surface area contributed by atoms with Crippen molar-refractivity contribution in [1.82, 2.24) is 15.3 Å². The lowest BCUT2D eigenvalue weighted by atomic mass is 10.2. The molecule has 4 heteroatoms. The van der Waals surface area contributed by atoms with Crippen LogP contribution in [0.1, 0.15) is 19.5 Å². The Bertz CT molecular complexity index is 505. The molecule has 96 valence electrons. The van der Waals surface area contributed by atoms with Crippen molar-refractivity contribution in [2.45, 2.75) is 20.4 Å². The normalized spacial score (nSPS) is 11.1. The smallest absolute Gasteiger partial charge is 0.138 e. The summed E-state index contributed by atoms with van der Waals surface area (Å²) in [5, 5.41) is 3.40. The second-order valence-electron chi connectivity index (χ2n) is 4.76. The summed E-state index contributed by atoms with van der Waals surface area (Å²) in [6.45, 7) is 6.25. The molecule has 0 atom stereocenters. The molecule has 0 aliphatic rings. The van der Waals surface area contributed by atoms with Crippen LogP contribution in [0.5, 0.6) is 0 Å². The molecule has 0 aliphatic carbocycles. The maximum absolute atomic E-state index is 4.42. The largest absolute Gasteiger partial charge is 0.341 e. The van der Waals surface area contributed by atoms with Gasteiger partial charge in [0.2, 0.25) is 0 Å². The molecule has 2 aromatic rings. The maximum atomic E-state index is 4.42. The SMILES string of the molecule is CC(C)CNCc1cnc(-c2ccccc2Br)[nH]1. The molecule has 3 nitrogen and oxygen atoms in total. The Morgan fingerprint density at radius 2 is 2.11 bits per heavy atom. The highest BCUT2D eigenvalue weighted by molar-refractivity contribution is 9.10. The van der Waals surface area contributed by atoms with E-state index in [1.807, 2.05) is 30.5 Å². The van der Waals surface area contributed by atoms with Gasteiger partial charge in [-0.1, -0.05) is 48.0 Å². The summed E-state index contributed by atoms with van der Waals surface area (Å²) in [4.78, 5) is 7.76. The van der Waals surface area contributed by atoms with Crippen molar-refractivity contribution in [3.05, 3.63) is 40.6 Å². The molecule has 1 aromatic heterocycles. The zero-order valence-electron chi connectivity index (χ0n) is 10.7. The number of halogens is 1. The third kappa shape index (κ3) is 3.43. The lowest BCUT2D eigenvalue weighted by Gasteiger charge is -2.05. The van der Waals surface area contributed by atoms with Gasteiger partial charge in [-0.15, -0.1) is 0 Å². The van der Waals surface area contributed by atoms with Gasteiger partial charge in [0.1, 0.15) is 5.82 Å². The monoisotopic (exact) mass is 307 g/mol. The molecule has 0 amide bonds. The lowest BCUT2D eigenvalue weighted by Crippen LogP contribution is -2.19. The van der Waals surface area contributed by atoms with Gasteiger partial charge >= 0.3 is 0 Å². The number of benzene rings is 1. The summed E-state index contributed by atoms with van der Waals surface area (Å²) in [5.41, 5.74) is 2.20. The van der Waals surface area contributed by atoms with Gasteiger partial charge in [-0.25, -0.2) is 4.98 Å². The molecule has 0 unspecified atom stereocenters. The van der Waals surface area contributed by atoms with Crippen LogP contribution >= 0.6 is 15.9 Å². The zero-order valence-corrected chi connectivity index (χ0v) is 12.3. The summed E-state index contributed by atoms with van der Waals surface area (Å²) in [7, 11) is 0. The fourth-order valence-electron chi connectivity index (χ4n) is 1.73. The van der Waals surface area contributed by atoms with Gasteiger partial charge in [-0.3, -0.25) is 0 Å². The van der Waals surface area contributed by atoms with Crippen LogP contribution in [0.4, 0.5) is 0 Å². The molecule has 0 fully saturated rings. The van der Waals surface area contributed by atoms with Crippen LogP contribution < -0.4 is 5.32 Å². The molecule has 0 aliphatic heterocycles. The second kappa shape index (κ2) is 6.16. The van der Waals surface area contributed by atoms with E-state index in [2.05, 4.69) is 45.1 Å². The summed E-state index contributed by atoms with van der Waals surface area (Å²) < 4.78 is 1.06. The van der Waals surface area contributed by atoms with Crippen molar-refractivity contribution >= 4 is 15.9 Å². The molecule has 1 aromatic carbocycles. The number of aromatic amines is 1. The first-order valence-electron chi connectivity index (χ1n) is 6.16. The average Bonchev–Trinajstić information content (AvgIpc) is 2.78. The van der Waals surface area contributed by atoms with E-state index in [-0.39, 0.29) is 0 Å². The molecule has 0 saturated heterocycles. The predicted octanol–water partition coefficient (Wildman–Crippen LogP) is 3.58. The van der Waals surface area contributed by atoms with Crippen molar-refractivity contribution in [2.75, 3.05) is 6.54 Å². The number of hydrogen-bond acceptors (Lipinski definition) is 2. The maximum Gasteiger partial charge on any atom is 0.138 e. The summed E-state index contributed by atoms with van der Waals surface area (Å²) in [6, 6.07) is 8.09. The standard InChI is InChI=1S/C14H18BrN3/c1-10(2)7-16-8-11-9-17-14(18-11)12-5-3-4-6-13(12)15/h3-6,9-10,16H,7-8H2,1-2H3,(H,17,18). The lowest BCUT2D eigenvalue weighted by molar-refractivity contribution is 0.549. The first-order valence-corrected chi connectivity index (χ1v) is 6.95. The van der Waals surface area contributed by atoms with Crippen molar-refractivity contribution in [3.63, 3.8) is 0 Å². The first kappa shape index (κ1) is 13.3. The molecule has 2 N–H and O–H groups in total. The Kier molecular flexibility index (Phi) is 4.55. The van der Waals surface area contributed by atoms with E-state index in [9.17, 15) is 0 Å². The van der Waals surface area contributed by atoms with Gasteiger partial charge in [-0.05, 0) is 18.5 Å². The van der Waals surface area contributed by atoms with Crippen molar-refractivity contribution < 1.29 is 0 Å². The molecule has 0 spiro atoms. The van der Waals surface area contributed by atoms with Crippen LogP contribution in [0.3, 0.4) is 0 Å². The van der Waals surface area contributed by atoms with E-state index in [0.717, 1.165) is 34.6 Å². The zero-order chi connectivity index (χ0) is 13.0. The van der Waals surface area contributed by atoms with Gasteiger partial charge in [0.25, 0.3) is 0 Å². The number of nitrogens with one attached hydrogen (secondary N) is 2. The summed E-state index contributed by atoms with van der Waals surface area (Å²) >= 11 is 3.54. The van der Waals surface area contributed by atoms with Crippen molar-refractivity contribution in [3.8, 4) is 11.4 Å². The van der Waals surface area contributed by atoms with Crippen LogP contribution in [0.15, 0.2) is 34.9 Å². The summed E-state index contributed by atoms with van der Waals surface area (Å²) in [6.07, 6.45) is 1.89. The number of imidazole rings is 1. The number of rotatable bonds is 5. The fourth-order valence-corrected chi connectivity index (χ4v) is 2.21. The topological polar surface area (TPSA) is 40.7 Å². The van der Waals surface area contributed by atoms with Crippen LogP contribution in [-0.2, 0) is 6.54 Å². The number of hydrogen-bond donors (Lipinski definition) is 2. The van der Waals surface area contributed by atoms with Crippen LogP contribution in [0.25, 0.3) is 11.4 Å². The van der Waals surface area contributed by atoms with Crippen molar-refractivity contribution in [2.24, 2.45) is 5.92 Å². The molecule has 1 heterocycles. The van der Waals surface area contributed by atoms with Gasteiger partial charge in [-0.2, -0.15) is 0 Å². The van der Waals surface area contributed by atoms with E-state index < -0.39 is 0 Å². The van der Waals surface area contributed by atoms with E-state index in [0.29, 0.717) is 5.92 Å². The van der Waals surface area contributed by atoms with Crippen LogP contribution in [0, 0.1) is 5.92 Å². The van der Waals surface area contributed by atoms with Crippen LogP contribution in [0.2, 0.25) is 0 Å². The molecule has 0 bridgehead atoms. The minimum absolute atomic E-state index is 0.663. The molecule has 18 heavy (non-hydrogen) atoms. The molecular weight excluding hydrogens is 290 g/mol. The highest BCUT2D eigenvalue weighted by Crippen LogP contribution is 2.25. The number of aromatic nitrogens is 2. The first-order chi connectivity index (χ1) is 8.66. The third-order valence-corrected chi connectivity index (χ3v) is 3.32. The molecule has 2 rings (SSSR count). The Hall–Kier alpha value is -1.13. The third-order valence-electron chi connectivity index (χ3n) is 2.63. The quantitative estimate of drug-likeness (QED) is 0.886. The Morgan fingerprint density at radius 1 is 1.33 bits per heavy atom. The summed E-state index contributed by atoms with van der Waals surface area (Å²) in [5.74, 6) is 1.57. The Morgan fingerprint density at radius 3 is 2.83 bits per heavy atom. The van der Waals surface area contributed by atoms with Crippen molar-refractivity contribution in [1.29, 1.82) is 0 Å². The minimum Gasteiger partial charge on any atom is -0.341 e.